The summed E-state index contributed by atoms with van der Waals surface area (Å²) in [6.45, 7) is 0. The van der Waals surface area contributed by atoms with E-state index in [4.69, 9.17) is 5.84 Å². The van der Waals surface area contributed by atoms with Crippen LogP contribution in [0.5, 0.6) is 0 Å². The molecule has 2 rings (SSSR count). The minimum absolute atomic E-state index is 0.459. The first-order chi connectivity index (χ1) is 5.72. The highest BCUT2D eigenvalue weighted by Crippen LogP contribution is 2.41. The van der Waals surface area contributed by atoms with E-state index in [2.05, 4.69) is 5.10 Å². The number of rotatable bonds is 0. The van der Waals surface area contributed by atoms with Crippen LogP contribution in [0.15, 0.2) is 5.10 Å². The average molecular weight is 168 g/mol. The molecule has 0 spiro atoms. The van der Waals surface area contributed by atoms with Crippen LogP contribution in [0.25, 0.3) is 0 Å². The van der Waals surface area contributed by atoms with E-state index >= 15 is 0 Å². The van der Waals surface area contributed by atoms with E-state index in [1.54, 1.807) is 0 Å². The van der Waals surface area contributed by atoms with Crippen molar-refractivity contribution in [1.29, 1.82) is 0 Å². The van der Waals surface area contributed by atoms with Gasteiger partial charge in [0.15, 0.2) is 0 Å². The summed E-state index contributed by atoms with van der Waals surface area (Å²) in [4.78, 5) is 0. The van der Waals surface area contributed by atoms with Crippen molar-refractivity contribution in [2.45, 2.75) is 44.1 Å². The fourth-order valence-electron chi connectivity index (χ4n) is 2.68. The van der Waals surface area contributed by atoms with Gasteiger partial charge in [0.25, 0.3) is 0 Å². The summed E-state index contributed by atoms with van der Waals surface area (Å²) >= 11 is 0. The fraction of sp³-hybridized carbons (Fsp3) is 0.889. The summed E-state index contributed by atoms with van der Waals surface area (Å²) in [5, 5.41) is 13.8. The lowest BCUT2D eigenvalue weighted by Gasteiger charge is -2.41. The van der Waals surface area contributed by atoms with Gasteiger partial charge >= 0.3 is 0 Å². The lowest BCUT2D eigenvalue weighted by molar-refractivity contribution is -0.0180. The van der Waals surface area contributed by atoms with Gasteiger partial charge < -0.3 is 10.9 Å². The van der Waals surface area contributed by atoms with Crippen molar-refractivity contribution < 1.29 is 5.11 Å². The molecule has 0 heterocycles. The second-order valence-electron chi connectivity index (χ2n) is 4.26. The Hall–Kier alpha value is -0.570. The Balaban J connectivity index is 2.15. The van der Waals surface area contributed by atoms with E-state index in [-0.39, 0.29) is 0 Å². The van der Waals surface area contributed by atoms with Gasteiger partial charge in [0.2, 0.25) is 0 Å². The molecule has 2 bridgehead atoms. The maximum atomic E-state index is 10.1. The molecule has 2 saturated carbocycles. The van der Waals surface area contributed by atoms with E-state index in [9.17, 15) is 5.11 Å². The van der Waals surface area contributed by atoms with Gasteiger partial charge in [0.05, 0.1) is 5.60 Å². The SMILES string of the molecule is N/N=C1/CC2CCCC(O)(C1)C2. The van der Waals surface area contributed by atoms with Crippen molar-refractivity contribution in [2.75, 3.05) is 0 Å². The van der Waals surface area contributed by atoms with Crippen LogP contribution in [0.2, 0.25) is 0 Å². The van der Waals surface area contributed by atoms with Crippen molar-refractivity contribution >= 4 is 5.71 Å². The Bertz CT molecular complexity index is 215. The predicted octanol–water partition coefficient (Wildman–Crippen LogP) is 1.02. The zero-order chi connectivity index (χ0) is 8.60. The Morgan fingerprint density at radius 3 is 3.08 bits per heavy atom. The molecular formula is C9H16N2O. The predicted molar refractivity (Wildman–Crippen MR) is 47.8 cm³/mol. The van der Waals surface area contributed by atoms with Gasteiger partial charge in [-0.2, -0.15) is 5.10 Å². The van der Waals surface area contributed by atoms with Crippen molar-refractivity contribution in [3.05, 3.63) is 0 Å². The van der Waals surface area contributed by atoms with Crippen LogP contribution in [-0.2, 0) is 0 Å². The molecule has 3 nitrogen and oxygen atoms in total. The highest BCUT2D eigenvalue weighted by Gasteiger charge is 2.39. The van der Waals surface area contributed by atoms with Crippen LogP contribution in [0.3, 0.4) is 0 Å². The molecular weight excluding hydrogens is 152 g/mol. The molecule has 2 fully saturated rings. The largest absolute Gasteiger partial charge is 0.389 e. The van der Waals surface area contributed by atoms with Gasteiger partial charge in [-0.15, -0.1) is 0 Å². The third kappa shape index (κ3) is 1.33. The van der Waals surface area contributed by atoms with Crippen molar-refractivity contribution in [1.82, 2.24) is 0 Å². The van der Waals surface area contributed by atoms with Crippen LogP contribution in [0.4, 0.5) is 0 Å². The number of nitrogens with zero attached hydrogens (tertiary/aromatic N) is 1. The number of aliphatic hydroxyl groups is 1. The molecule has 0 radical (unpaired) electrons. The van der Waals surface area contributed by atoms with Crippen LogP contribution < -0.4 is 5.84 Å². The molecule has 2 aliphatic rings. The van der Waals surface area contributed by atoms with Gasteiger partial charge in [-0.3, -0.25) is 0 Å². The standard InChI is InChI=1S/C9H16N2O/c10-11-8-4-7-2-1-3-9(12,5-7)6-8/h7,12H,1-6,10H2/b11-8-. The summed E-state index contributed by atoms with van der Waals surface area (Å²) in [5.74, 6) is 5.88. The zero-order valence-electron chi connectivity index (χ0n) is 7.29. The number of hydrogen-bond acceptors (Lipinski definition) is 3. The summed E-state index contributed by atoms with van der Waals surface area (Å²) in [6, 6.07) is 0. The second-order valence-corrected chi connectivity index (χ2v) is 4.26. The molecule has 2 aliphatic carbocycles. The van der Waals surface area contributed by atoms with Crippen LogP contribution in [0.1, 0.15) is 38.5 Å². The van der Waals surface area contributed by atoms with Gasteiger partial charge in [-0.05, 0) is 31.6 Å². The minimum Gasteiger partial charge on any atom is -0.389 e. The monoisotopic (exact) mass is 168 g/mol. The minimum atomic E-state index is -0.459. The van der Waals surface area contributed by atoms with Crippen molar-refractivity contribution in [3.63, 3.8) is 0 Å². The second kappa shape index (κ2) is 2.73. The van der Waals surface area contributed by atoms with E-state index in [1.165, 1.54) is 12.8 Å². The number of hydrogen-bond donors (Lipinski definition) is 2. The first kappa shape index (κ1) is 8.05. The topological polar surface area (TPSA) is 58.6 Å². The molecule has 12 heavy (non-hydrogen) atoms. The number of hydrazone groups is 1. The maximum absolute atomic E-state index is 10.1. The lowest BCUT2D eigenvalue weighted by Crippen LogP contribution is -2.42. The quantitative estimate of drug-likeness (QED) is 0.419. The molecule has 2 atom stereocenters. The molecule has 0 saturated heterocycles. The fourth-order valence-corrected chi connectivity index (χ4v) is 2.68. The molecule has 0 aromatic heterocycles. The average Bonchev–Trinajstić information content (AvgIpc) is 2.02. The number of nitrogens with two attached hydrogens (primary N) is 1. The van der Waals surface area contributed by atoms with E-state index in [0.717, 1.165) is 25.0 Å². The Kier molecular flexibility index (Phi) is 1.83. The molecule has 3 N–H and O–H groups in total. The molecule has 0 aliphatic heterocycles. The van der Waals surface area contributed by atoms with E-state index in [0.29, 0.717) is 12.3 Å². The molecule has 0 aromatic carbocycles. The third-order valence-corrected chi connectivity index (χ3v) is 3.16. The van der Waals surface area contributed by atoms with Crippen LogP contribution >= 0.6 is 0 Å². The van der Waals surface area contributed by atoms with Gasteiger partial charge in [0.1, 0.15) is 0 Å². The lowest BCUT2D eigenvalue weighted by atomic mass is 9.68. The van der Waals surface area contributed by atoms with Gasteiger partial charge in [-0.25, -0.2) is 0 Å². The van der Waals surface area contributed by atoms with E-state index < -0.39 is 5.60 Å². The molecule has 0 amide bonds. The normalized spacial score (nSPS) is 44.8. The number of fused-ring (bicyclic) bond motifs is 2. The first-order valence-electron chi connectivity index (χ1n) is 4.70. The Labute approximate surface area is 72.6 Å². The molecule has 2 unspecified atom stereocenters. The van der Waals surface area contributed by atoms with Gasteiger partial charge in [-0.1, -0.05) is 6.42 Å². The summed E-state index contributed by atoms with van der Waals surface area (Å²) in [7, 11) is 0. The molecule has 0 aromatic rings. The van der Waals surface area contributed by atoms with Gasteiger partial charge in [0, 0.05) is 12.1 Å². The Morgan fingerprint density at radius 1 is 1.58 bits per heavy atom. The highest BCUT2D eigenvalue weighted by molar-refractivity contribution is 5.86. The van der Waals surface area contributed by atoms with Crippen molar-refractivity contribution in [3.8, 4) is 0 Å². The Morgan fingerprint density at radius 2 is 2.42 bits per heavy atom. The van der Waals surface area contributed by atoms with E-state index in [1.807, 2.05) is 0 Å². The first-order valence-corrected chi connectivity index (χ1v) is 4.70. The molecule has 68 valence electrons. The summed E-state index contributed by atoms with van der Waals surface area (Å²) in [6.07, 6.45) is 6.02. The smallest absolute Gasteiger partial charge is 0.0703 e. The van der Waals surface area contributed by atoms with Crippen LogP contribution in [0, 0.1) is 5.92 Å². The summed E-state index contributed by atoms with van der Waals surface area (Å²) in [5.41, 5.74) is 0.549. The zero-order valence-corrected chi connectivity index (χ0v) is 7.29. The molecule has 3 heteroatoms. The third-order valence-electron chi connectivity index (χ3n) is 3.16. The van der Waals surface area contributed by atoms with Crippen LogP contribution in [-0.4, -0.2) is 16.4 Å². The maximum Gasteiger partial charge on any atom is 0.0703 e. The highest BCUT2D eigenvalue weighted by atomic mass is 16.3. The van der Waals surface area contributed by atoms with Crippen molar-refractivity contribution in [2.24, 2.45) is 16.9 Å². The summed E-state index contributed by atoms with van der Waals surface area (Å²) < 4.78 is 0.